The molecule has 1 aliphatic carbocycles. The number of carbonyl (C=O) groups is 2. The van der Waals surface area contributed by atoms with E-state index in [1.807, 2.05) is 0 Å². The van der Waals surface area contributed by atoms with Gasteiger partial charge in [0.15, 0.2) is 6.23 Å². The zero-order chi connectivity index (χ0) is 12.6. The maximum atomic E-state index is 11.9. The molecule has 17 heavy (non-hydrogen) atoms. The van der Waals surface area contributed by atoms with E-state index < -0.39 is 12.4 Å². The molecule has 6 nitrogen and oxygen atoms in total. The summed E-state index contributed by atoms with van der Waals surface area (Å²) in [7, 11) is 4.70. The molecule has 1 saturated heterocycles. The first-order valence-electron chi connectivity index (χ1n) is 5.73. The third kappa shape index (κ3) is 1.81. The van der Waals surface area contributed by atoms with Gasteiger partial charge in [-0.25, -0.2) is 9.59 Å². The van der Waals surface area contributed by atoms with Crippen molar-refractivity contribution in [3.8, 4) is 0 Å². The van der Waals surface area contributed by atoms with Gasteiger partial charge in [-0.05, 0) is 12.8 Å². The fourth-order valence-electron chi connectivity index (χ4n) is 2.78. The summed E-state index contributed by atoms with van der Waals surface area (Å²) in [6, 6.07) is -0.128. The van der Waals surface area contributed by atoms with E-state index in [1.165, 1.54) is 12.0 Å². The van der Waals surface area contributed by atoms with Gasteiger partial charge in [-0.3, -0.25) is 4.90 Å². The molecule has 0 aromatic heterocycles. The molecular weight excluding hydrogens is 224 g/mol. The van der Waals surface area contributed by atoms with Crippen LogP contribution in [0, 0.1) is 5.41 Å². The summed E-state index contributed by atoms with van der Waals surface area (Å²) < 4.78 is 9.76. The van der Waals surface area contributed by atoms with Gasteiger partial charge in [-0.2, -0.15) is 0 Å². The van der Waals surface area contributed by atoms with Crippen molar-refractivity contribution >= 4 is 12.2 Å². The lowest BCUT2D eigenvalue weighted by Crippen LogP contribution is -2.65. The summed E-state index contributed by atoms with van der Waals surface area (Å²) in [5.74, 6) is 0. The molecule has 0 aromatic rings. The second-order valence-electron chi connectivity index (χ2n) is 4.89. The Morgan fingerprint density at radius 1 is 1.41 bits per heavy atom. The van der Waals surface area contributed by atoms with Crippen LogP contribution in [0.15, 0.2) is 0 Å². The number of methoxy groups -OCH3 is 1. The predicted molar refractivity (Wildman–Crippen MR) is 59.4 cm³/mol. The highest BCUT2D eigenvalue weighted by Gasteiger charge is 2.54. The van der Waals surface area contributed by atoms with Gasteiger partial charge in [0.25, 0.3) is 0 Å². The Morgan fingerprint density at radius 3 is 2.53 bits per heavy atom. The number of hydrogen-bond donors (Lipinski definition) is 0. The number of ether oxygens (including phenoxy) is 2. The van der Waals surface area contributed by atoms with Gasteiger partial charge in [-0.15, -0.1) is 0 Å². The van der Waals surface area contributed by atoms with Crippen molar-refractivity contribution in [1.82, 2.24) is 9.80 Å². The maximum Gasteiger partial charge on any atom is 0.509 e. The molecule has 0 N–H and O–H groups in total. The second kappa shape index (κ2) is 4.09. The van der Waals surface area contributed by atoms with Crippen LogP contribution < -0.4 is 0 Å². The molecule has 0 aromatic carbocycles. The predicted octanol–water partition coefficient (Wildman–Crippen LogP) is 1.26. The first-order valence-corrected chi connectivity index (χ1v) is 5.73. The average Bonchev–Trinajstić information content (AvgIpc) is 2.27. The lowest BCUT2D eigenvalue weighted by Gasteiger charge is -2.54. The Bertz CT molecular complexity index is 340. The lowest BCUT2D eigenvalue weighted by atomic mass is 9.66. The van der Waals surface area contributed by atoms with Crippen molar-refractivity contribution in [2.75, 3.05) is 27.7 Å². The third-order valence-electron chi connectivity index (χ3n) is 3.78. The van der Waals surface area contributed by atoms with Gasteiger partial charge in [0, 0.05) is 26.1 Å². The van der Waals surface area contributed by atoms with Gasteiger partial charge in [0.05, 0.1) is 7.11 Å². The minimum Gasteiger partial charge on any atom is -0.438 e. The molecular formula is C11H18N2O4. The zero-order valence-corrected chi connectivity index (χ0v) is 10.4. The Hall–Kier alpha value is -1.46. The van der Waals surface area contributed by atoms with E-state index in [-0.39, 0.29) is 11.4 Å². The van der Waals surface area contributed by atoms with E-state index in [0.29, 0.717) is 6.54 Å². The molecule has 2 rings (SSSR count). The van der Waals surface area contributed by atoms with E-state index in [4.69, 9.17) is 4.74 Å². The molecule has 6 heteroatoms. The van der Waals surface area contributed by atoms with Crippen LogP contribution in [-0.4, -0.2) is 56.0 Å². The smallest absolute Gasteiger partial charge is 0.438 e. The number of urea groups is 1. The van der Waals surface area contributed by atoms with Crippen LogP contribution in [0.5, 0.6) is 0 Å². The van der Waals surface area contributed by atoms with Gasteiger partial charge >= 0.3 is 12.2 Å². The van der Waals surface area contributed by atoms with Crippen molar-refractivity contribution in [3.05, 3.63) is 0 Å². The van der Waals surface area contributed by atoms with Crippen LogP contribution in [0.25, 0.3) is 0 Å². The maximum absolute atomic E-state index is 11.9. The van der Waals surface area contributed by atoms with Crippen LogP contribution in [0.2, 0.25) is 0 Å². The highest BCUT2D eigenvalue weighted by Crippen LogP contribution is 2.48. The summed E-state index contributed by atoms with van der Waals surface area (Å²) in [5, 5.41) is 0. The number of hydrogen-bond acceptors (Lipinski definition) is 4. The van der Waals surface area contributed by atoms with Crippen molar-refractivity contribution in [2.45, 2.75) is 25.5 Å². The molecule has 2 fully saturated rings. The van der Waals surface area contributed by atoms with E-state index in [0.717, 1.165) is 19.3 Å². The van der Waals surface area contributed by atoms with E-state index >= 15 is 0 Å². The van der Waals surface area contributed by atoms with E-state index in [2.05, 4.69) is 4.74 Å². The molecule has 1 heterocycles. The van der Waals surface area contributed by atoms with E-state index in [1.54, 1.807) is 19.0 Å². The number of rotatable bonds is 1. The summed E-state index contributed by atoms with van der Waals surface area (Å²) in [6.45, 7) is 0.637. The summed E-state index contributed by atoms with van der Waals surface area (Å²) >= 11 is 0. The number of carbonyl (C=O) groups excluding carboxylic acids is 2. The highest BCUT2D eigenvalue weighted by molar-refractivity contribution is 5.75. The summed E-state index contributed by atoms with van der Waals surface area (Å²) in [4.78, 5) is 26.3. The van der Waals surface area contributed by atoms with Gasteiger partial charge in [0.2, 0.25) is 0 Å². The van der Waals surface area contributed by atoms with Gasteiger partial charge in [-0.1, -0.05) is 6.42 Å². The molecule has 96 valence electrons. The molecule has 1 unspecified atom stereocenters. The monoisotopic (exact) mass is 242 g/mol. The standard InChI is InChI=1S/C11H18N2O4/c1-12-7-11(5-4-6-11)8(13(2)9(12)14)17-10(15)16-3/h8H,4-7H2,1-3H3. The van der Waals surface area contributed by atoms with Crippen LogP contribution >= 0.6 is 0 Å². The second-order valence-corrected chi connectivity index (χ2v) is 4.89. The highest BCUT2D eigenvalue weighted by atomic mass is 16.7. The van der Waals surface area contributed by atoms with E-state index in [9.17, 15) is 9.59 Å². The largest absolute Gasteiger partial charge is 0.509 e. The van der Waals surface area contributed by atoms with Crippen molar-refractivity contribution in [1.29, 1.82) is 0 Å². The molecule has 1 spiro atoms. The number of nitrogens with zero attached hydrogens (tertiary/aromatic N) is 2. The van der Waals surface area contributed by atoms with Crippen molar-refractivity contribution < 1.29 is 19.1 Å². The topological polar surface area (TPSA) is 59.1 Å². The van der Waals surface area contributed by atoms with Gasteiger partial charge in [0.1, 0.15) is 0 Å². The fraction of sp³-hybridized carbons (Fsp3) is 0.818. The molecule has 2 amide bonds. The molecule has 2 aliphatic rings. The Balaban J connectivity index is 2.18. The normalized spacial score (nSPS) is 26.8. The first-order chi connectivity index (χ1) is 8.00. The summed E-state index contributed by atoms with van der Waals surface area (Å²) in [5.41, 5.74) is -0.119. The fourth-order valence-corrected chi connectivity index (χ4v) is 2.78. The lowest BCUT2D eigenvalue weighted by molar-refractivity contribution is -0.148. The Kier molecular flexibility index (Phi) is 2.89. The van der Waals surface area contributed by atoms with Crippen LogP contribution in [0.1, 0.15) is 19.3 Å². The minimum absolute atomic E-state index is 0.119. The van der Waals surface area contributed by atoms with Crippen LogP contribution in [0.4, 0.5) is 9.59 Å². The molecule has 1 aliphatic heterocycles. The molecule has 1 atom stereocenters. The molecule has 0 bridgehead atoms. The Morgan fingerprint density at radius 2 is 2.06 bits per heavy atom. The van der Waals surface area contributed by atoms with Crippen LogP contribution in [-0.2, 0) is 9.47 Å². The summed E-state index contributed by atoms with van der Waals surface area (Å²) in [6.07, 6.45) is 1.81. The SMILES string of the molecule is COC(=O)OC1N(C)C(=O)N(C)CC12CCC2. The molecule has 1 saturated carbocycles. The third-order valence-corrected chi connectivity index (χ3v) is 3.78. The quantitative estimate of drug-likeness (QED) is 0.649. The van der Waals surface area contributed by atoms with Crippen molar-refractivity contribution in [3.63, 3.8) is 0 Å². The Labute approximate surface area is 100 Å². The molecule has 0 radical (unpaired) electrons. The minimum atomic E-state index is -0.731. The average molecular weight is 242 g/mol. The van der Waals surface area contributed by atoms with Gasteiger partial charge < -0.3 is 14.4 Å². The number of amides is 2. The van der Waals surface area contributed by atoms with Crippen molar-refractivity contribution in [2.24, 2.45) is 5.41 Å². The first kappa shape index (κ1) is 12.0. The van der Waals surface area contributed by atoms with Crippen LogP contribution in [0.3, 0.4) is 0 Å². The zero-order valence-electron chi connectivity index (χ0n) is 10.4.